The smallest absolute Gasteiger partial charge is 0.258 e. The molecule has 132 valence electrons. The summed E-state index contributed by atoms with van der Waals surface area (Å²) < 4.78 is 0. The molecule has 2 heterocycles. The van der Waals surface area contributed by atoms with Crippen LogP contribution in [0.4, 0.5) is 11.4 Å². The molecule has 4 rings (SSSR count). The van der Waals surface area contributed by atoms with Crippen molar-refractivity contribution in [1.29, 1.82) is 0 Å². The summed E-state index contributed by atoms with van der Waals surface area (Å²) in [5, 5.41) is 0. The van der Waals surface area contributed by atoms with E-state index in [1.807, 2.05) is 17.0 Å². The Morgan fingerprint density at radius 2 is 1.62 bits per heavy atom. The van der Waals surface area contributed by atoms with E-state index in [0.29, 0.717) is 17.8 Å². The molecule has 0 bridgehead atoms. The molecule has 2 aliphatic heterocycles. The fourth-order valence-corrected chi connectivity index (χ4v) is 3.71. The highest BCUT2D eigenvalue weighted by atomic mass is 16.2. The van der Waals surface area contributed by atoms with Gasteiger partial charge < -0.3 is 4.90 Å². The monoisotopic (exact) mass is 348 g/mol. The molecule has 2 aromatic carbocycles. The molecular weight excluding hydrogens is 328 g/mol. The molecule has 3 amide bonds. The summed E-state index contributed by atoms with van der Waals surface area (Å²) in [4.78, 5) is 39.7. The van der Waals surface area contributed by atoms with Crippen molar-refractivity contribution >= 4 is 29.1 Å². The van der Waals surface area contributed by atoms with Crippen LogP contribution in [0.25, 0.3) is 0 Å². The molecule has 0 aliphatic carbocycles. The first-order valence-electron chi connectivity index (χ1n) is 8.92. The Hall–Kier alpha value is -2.95. The number of carbonyl (C=O) groups excluding carboxylic acids is 3. The number of carbonyl (C=O) groups is 3. The highest BCUT2D eigenvalue weighted by molar-refractivity contribution is 6.20. The van der Waals surface area contributed by atoms with Crippen LogP contribution in [0.15, 0.2) is 42.5 Å². The number of aryl methyl sites for hydroxylation is 2. The maximum absolute atomic E-state index is 13.0. The van der Waals surface area contributed by atoms with Gasteiger partial charge in [0.1, 0.15) is 0 Å². The van der Waals surface area contributed by atoms with Gasteiger partial charge in [-0.15, -0.1) is 0 Å². The summed E-state index contributed by atoms with van der Waals surface area (Å²) in [7, 11) is 0. The quantitative estimate of drug-likeness (QED) is 0.783. The molecule has 5 heteroatoms. The zero-order valence-corrected chi connectivity index (χ0v) is 14.7. The fraction of sp³-hybridized carbons (Fsp3) is 0.286. The third kappa shape index (κ3) is 2.79. The van der Waals surface area contributed by atoms with Crippen LogP contribution in [0.3, 0.4) is 0 Å². The Labute approximate surface area is 152 Å². The molecule has 0 saturated carbocycles. The maximum Gasteiger partial charge on any atom is 0.258 e. The number of hydrogen-bond donors (Lipinski definition) is 0. The van der Waals surface area contributed by atoms with E-state index in [1.54, 1.807) is 24.3 Å². The third-order valence-electron chi connectivity index (χ3n) is 5.02. The lowest BCUT2D eigenvalue weighted by molar-refractivity contribution is -0.121. The van der Waals surface area contributed by atoms with E-state index in [2.05, 4.69) is 13.0 Å². The van der Waals surface area contributed by atoms with Crippen LogP contribution in [0.5, 0.6) is 0 Å². The number of imide groups is 1. The minimum atomic E-state index is -0.186. The van der Waals surface area contributed by atoms with Crippen LogP contribution < -0.4 is 9.80 Å². The van der Waals surface area contributed by atoms with Gasteiger partial charge in [-0.2, -0.15) is 0 Å². The summed E-state index contributed by atoms with van der Waals surface area (Å²) in [5.41, 5.74) is 4.46. The van der Waals surface area contributed by atoms with Crippen LogP contribution in [0, 0.1) is 6.92 Å². The number of hydrogen-bond acceptors (Lipinski definition) is 3. The average Bonchev–Trinajstić information content (AvgIpc) is 2.99. The van der Waals surface area contributed by atoms with Gasteiger partial charge in [0.05, 0.1) is 5.69 Å². The summed E-state index contributed by atoms with van der Waals surface area (Å²) in [6.07, 6.45) is 2.43. The lowest BCUT2D eigenvalue weighted by atomic mass is 9.99. The number of nitrogens with zero attached hydrogens (tertiary/aromatic N) is 2. The molecule has 2 aromatic rings. The van der Waals surface area contributed by atoms with Crippen LogP contribution in [-0.4, -0.2) is 24.3 Å². The Bertz CT molecular complexity index is 886. The van der Waals surface area contributed by atoms with E-state index in [4.69, 9.17) is 0 Å². The molecule has 1 saturated heterocycles. The lowest BCUT2D eigenvalue weighted by Gasteiger charge is -2.30. The standard InChI is InChI=1S/C21H20N2O3/c1-14-4-9-18-16(13-14)3-2-12-22(18)21(26)15-5-7-17(8-6-15)23-19(24)10-11-20(23)25/h4-9,13H,2-3,10-12H2,1H3. The molecule has 2 aliphatic rings. The van der Waals surface area contributed by atoms with E-state index in [9.17, 15) is 14.4 Å². The Morgan fingerprint density at radius 3 is 2.31 bits per heavy atom. The van der Waals surface area contributed by atoms with E-state index in [1.165, 1.54) is 16.0 Å². The average molecular weight is 348 g/mol. The van der Waals surface area contributed by atoms with E-state index < -0.39 is 0 Å². The molecule has 0 radical (unpaired) electrons. The van der Waals surface area contributed by atoms with Gasteiger partial charge in [0.25, 0.3) is 5.91 Å². The van der Waals surface area contributed by atoms with Crippen LogP contribution in [0.2, 0.25) is 0 Å². The van der Waals surface area contributed by atoms with Crippen LogP contribution in [0.1, 0.15) is 40.7 Å². The number of amides is 3. The number of benzene rings is 2. The largest absolute Gasteiger partial charge is 0.308 e. The molecule has 1 fully saturated rings. The minimum absolute atomic E-state index is 0.0552. The molecule has 0 aromatic heterocycles. The second kappa shape index (κ2) is 6.41. The van der Waals surface area contributed by atoms with Crippen molar-refractivity contribution in [3.8, 4) is 0 Å². The first-order valence-corrected chi connectivity index (χ1v) is 8.92. The highest BCUT2D eigenvalue weighted by Crippen LogP contribution is 2.30. The van der Waals surface area contributed by atoms with Crippen LogP contribution >= 0.6 is 0 Å². The van der Waals surface area contributed by atoms with Crippen molar-refractivity contribution in [3.05, 3.63) is 59.2 Å². The van der Waals surface area contributed by atoms with Crippen molar-refractivity contribution in [3.63, 3.8) is 0 Å². The Morgan fingerprint density at radius 1 is 0.923 bits per heavy atom. The number of anilines is 2. The van der Waals surface area contributed by atoms with Crippen molar-refractivity contribution < 1.29 is 14.4 Å². The van der Waals surface area contributed by atoms with Gasteiger partial charge in [-0.25, -0.2) is 0 Å². The van der Waals surface area contributed by atoms with Crippen molar-refractivity contribution in [2.24, 2.45) is 0 Å². The lowest BCUT2D eigenvalue weighted by Crippen LogP contribution is -2.35. The zero-order chi connectivity index (χ0) is 18.3. The van der Waals surface area contributed by atoms with E-state index in [-0.39, 0.29) is 30.6 Å². The predicted molar refractivity (Wildman–Crippen MR) is 99.3 cm³/mol. The molecule has 0 unspecified atom stereocenters. The molecule has 26 heavy (non-hydrogen) atoms. The first kappa shape index (κ1) is 16.5. The van der Waals surface area contributed by atoms with Gasteiger partial charge in [-0.3, -0.25) is 19.3 Å². The third-order valence-corrected chi connectivity index (χ3v) is 5.02. The van der Waals surface area contributed by atoms with Gasteiger partial charge >= 0.3 is 0 Å². The predicted octanol–water partition coefficient (Wildman–Crippen LogP) is 3.24. The molecule has 5 nitrogen and oxygen atoms in total. The van der Waals surface area contributed by atoms with Gasteiger partial charge in [0, 0.05) is 30.6 Å². The summed E-state index contributed by atoms with van der Waals surface area (Å²) in [6.45, 7) is 2.75. The summed E-state index contributed by atoms with van der Waals surface area (Å²) >= 11 is 0. The Balaban J connectivity index is 1.60. The van der Waals surface area contributed by atoms with Gasteiger partial charge in [-0.1, -0.05) is 17.7 Å². The topological polar surface area (TPSA) is 57.7 Å². The summed E-state index contributed by atoms with van der Waals surface area (Å²) in [6, 6.07) is 12.9. The molecule has 0 spiro atoms. The van der Waals surface area contributed by atoms with E-state index in [0.717, 1.165) is 18.5 Å². The normalized spacial score (nSPS) is 16.8. The van der Waals surface area contributed by atoms with Crippen molar-refractivity contribution in [2.45, 2.75) is 32.6 Å². The van der Waals surface area contributed by atoms with Crippen molar-refractivity contribution in [2.75, 3.05) is 16.3 Å². The zero-order valence-electron chi connectivity index (χ0n) is 14.7. The second-order valence-electron chi connectivity index (χ2n) is 6.86. The van der Waals surface area contributed by atoms with Crippen molar-refractivity contribution in [1.82, 2.24) is 0 Å². The summed E-state index contributed by atoms with van der Waals surface area (Å²) in [5.74, 6) is -0.427. The maximum atomic E-state index is 13.0. The van der Waals surface area contributed by atoms with Gasteiger partial charge in [0.2, 0.25) is 11.8 Å². The van der Waals surface area contributed by atoms with E-state index >= 15 is 0 Å². The van der Waals surface area contributed by atoms with Gasteiger partial charge in [0.15, 0.2) is 0 Å². The Kier molecular flexibility index (Phi) is 4.07. The SMILES string of the molecule is Cc1ccc2c(c1)CCCN2C(=O)c1ccc(N2C(=O)CCC2=O)cc1. The molecular formula is C21H20N2O3. The highest BCUT2D eigenvalue weighted by Gasteiger charge is 2.30. The fourth-order valence-electron chi connectivity index (χ4n) is 3.71. The number of fused-ring (bicyclic) bond motifs is 1. The molecule has 0 atom stereocenters. The van der Waals surface area contributed by atoms with Gasteiger partial charge in [-0.05, 0) is 55.7 Å². The molecule has 0 N–H and O–H groups in total. The first-order chi connectivity index (χ1) is 12.5. The number of rotatable bonds is 2. The minimum Gasteiger partial charge on any atom is -0.308 e. The second-order valence-corrected chi connectivity index (χ2v) is 6.86. The van der Waals surface area contributed by atoms with Crippen LogP contribution in [-0.2, 0) is 16.0 Å².